The van der Waals surface area contributed by atoms with Gasteiger partial charge in [-0.1, -0.05) is 0 Å². The van der Waals surface area contributed by atoms with Gasteiger partial charge in [0.15, 0.2) is 0 Å². The third-order valence-corrected chi connectivity index (χ3v) is 3.19. The average molecular weight is 313 g/mol. The first-order valence-corrected chi connectivity index (χ1v) is 8.14. The molecule has 1 aromatic rings. The molecule has 0 aliphatic heterocycles. The molecule has 116 valence electrons. The molecule has 0 saturated heterocycles. The van der Waals surface area contributed by atoms with Gasteiger partial charge in [0.1, 0.15) is 6.04 Å². The number of carbonyl (C=O) groups excluding carboxylic acids is 2. The van der Waals surface area contributed by atoms with E-state index in [-0.39, 0.29) is 11.8 Å². The van der Waals surface area contributed by atoms with Crippen molar-refractivity contribution in [1.82, 2.24) is 5.32 Å². The molecule has 0 fully saturated rings. The molecular weight excluding hydrogens is 294 g/mol. The van der Waals surface area contributed by atoms with Gasteiger partial charge in [0.05, 0.1) is 11.9 Å². The summed E-state index contributed by atoms with van der Waals surface area (Å²) < 4.78 is 24.8. The molecule has 0 saturated carbocycles. The number of aryl methyl sites for hydroxylation is 1. The van der Waals surface area contributed by atoms with E-state index < -0.39 is 16.1 Å². The molecular formula is C13H19N3O4S. The minimum absolute atomic E-state index is 0.290. The molecule has 1 aromatic carbocycles. The highest BCUT2D eigenvalue weighted by Crippen LogP contribution is 2.20. The van der Waals surface area contributed by atoms with Crippen LogP contribution >= 0.6 is 0 Å². The van der Waals surface area contributed by atoms with Gasteiger partial charge in [-0.2, -0.15) is 0 Å². The Balaban J connectivity index is 2.80. The van der Waals surface area contributed by atoms with Crippen LogP contribution in [-0.4, -0.2) is 32.5 Å². The van der Waals surface area contributed by atoms with E-state index in [9.17, 15) is 18.0 Å². The predicted octanol–water partition coefficient (Wildman–Crippen LogP) is 0.830. The van der Waals surface area contributed by atoms with Gasteiger partial charge in [0.2, 0.25) is 21.8 Å². The van der Waals surface area contributed by atoms with Crippen LogP contribution < -0.4 is 15.4 Å². The summed E-state index contributed by atoms with van der Waals surface area (Å²) in [6, 6.07) is 4.14. The van der Waals surface area contributed by atoms with Crippen molar-refractivity contribution in [1.29, 1.82) is 0 Å². The molecule has 1 atom stereocenters. The highest BCUT2D eigenvalue weighted by atomic mass is 32.2. The van der Waals surface area contributed by atoms with Crippen LogP contribution in [0.3, 0.4) is 0 Å². The summed E-state index contributed by atoms with van der Waals surface area (Å²) in [7, 11) is -3.35. The fourth-order valence-corrected chi connectivity index (χ4v) is 2.31. The first-order valence-electron chi connectivity index (χ1n) is 6.25. The van der Waals surface area contributed by atoms with Gasteiger partial charge < -0.3 is 10.6 Å². The molecule has 3 N–H and O–H groups in total. The van der Waals surface area contributed by atoms with Crippen molar-refractivity contribution in [2.45, 2.75) is 26.8 Å². The zero-order valence-corrected chi connectivity index (χ0v) is 13.2. The zero-order valence-electron chi connectivity index (χ0n) is 12.4. The second-order valence-electron chi connectivity index (χ2n) is 4.82. The molecule has 0 unspecified atom stereocenters. The van der Waals surface area contributed by atoms with Crippen LogP contribution in [0.25, 0.3) is 0 Å². The summed E-state index contributed by atoms with van der Waals surface area (Å²) in [6.07, 6.45) is 1.07. The smallest absolute Gasteiger partial charge is 0.246 e. The largest absolute Gasteiger partial charge is 0.345 e. The molecule has 0 aliphatic carbocycles. The Hall–Kier alpha value is -2.09. The van der Waals surface area contributed by atoms with E-state index in [4.69, 9.17) is 0 Å². The topological polar surface area (TPSA) is 104 Å². The SMILES string of the molecule is CC(=O)N[C@H](C)C(=O)Nc1ccc(NS(C)(=O)=O)c(C)c1. The molecule has 2 amide bonds. The number of carbonyl (C=O) groups is 2. The Bertz CT molecular complexity index is 655. The quantitative estimate of drug-likeness (QED) is 0.749. The standard InChI is InChI=1S/C13H19N3O4S/c1-8-7-11(5-6-12(8)16-21(4,19)20)15-13(18)9(2)14-10(3)17/h5-7,9,16H,1-4H3,(H,14,17)(H,15,18)/t9-/m1/s1. The van der Waals surface area contributed by atoms with Crippen molar-refractivity contribution < 1.29 is 18.0 Å². The number of amides is 2. The fraction of sp³-hybridized carbons (Fsp3) is 0.385. The van der Waals surface area contributed by atoms with Crippen LogP contribution in [0.4, 0.5) is 11.4 Å². The van der Waals surface area contributed by atoms with E-state index in [0.717, 1.165) is 6.26 Å². The van der Waals surface area contributed by atoms with Crippen LogP contribution in [0.1, 0.15) is 19.4 Å². The van der Waals surface area contributed by atoms with Crippen LogP contribution in [0.15, 0.2) is 18.2 Å². The lowest BCUT2D eigenvalue weighted by Gasteiger charge is -2.14. The van der Waals surface area contributed by atoms with Crippen LogP contribution in [0.2, 0.25) is 0 Å². The van der Waals surface area contributed by atoms with E-state index in [1.165, 1.54) is 6.92 Å². The van der Waals surface area contributed by atoms with Crippen LogP contribution in [0.5, 0.6) is 0 Å². The van der Waals surface area contributed by atoms with Gasteiger partial charge in [-0.15, -0.1) is 0 Å². The Labute approximate surface area is 124 Å². The third kappa shape index (κ3) is 5.82. The number of sulfonamides is 1. The molecule has 0 aromatic heterocycles. The second-order valence-corrected chi connectivity index (χ2v) is 6.56. The molecule has 0 spiro atoms. The Morgan fingerprint density at radius 1 is 1.24 bits per heavy atom. The van der Waals surface area contributed by atoms with Gasteiger partial charge in [0, 0.05) is 12.6 Å². The lowest BCUT2D eigenvalue weighted by molar-refractivity contribution is -0.124. The zero-order chi connectivity index (χ0) is 16.2. The average Bonchev–Trinajstić information content (AvgIpc) is 2.30. The number of anilines is 2. The number of nitrogens with one attached hydrogen (secondary N) is 3. The van der Waals surface area contributed by atoms with Crippen LogP contribution in [0, 0.1) is 6.92 Å². The molecule has 0 aliphatic rings. The second kappa shape index (κ2) is 6.57. The lowest BCUT2D eigenvalue weighted by atomic mass is 10.2. The minimum atomic E-state index is -3.35. The number of hydrogen-bond donors (Lipinski definition) is 3. The summed E-state index contributed by atoms with van der Waals surface area (Å²) in [6.45, 7) is 4.63. The van der Waals surface area contributed by atoms with E-state index in [1.54, 1.807) is 32.0 Å². The number of rotatable bonds is 5. The highest BCUT2D eigenvalue weighted by Gasteiger charge is 2.14. The molecule has 21 heavy (non-hydrogen) atoms. The molecule has 0 heterocycles. The van der Waals surface area contributed by atoms with E-state index in [0.29, 0.717) is 16.9 Å². The lowest BCUT2D eigenvalue weighted by Crippen LogP contribution is -2.40. The van der Waals surface area contributed by atoms with Crippen LogP contribution in [-0.2, 0) is 19.6 Å². The number of benzene rings is 1. The Kier molecular flexibility index (Phi) is 5.31. The molecule has 8 heteroatoms. The van der Waals surface area contributed by atoms with Crippen molar-refractivity contribution in [3.8, 4) is 0 Å². The van der Waals surface area contributed by atoms with Crippen molar-refractivity contribution in [2.24, 2.45) is 0 Å². The molecule has 0 radical (unpaired) electrons. The maximum absolute atomic E-state index is 11.8. The minimum Gasteiger partial charge on any atom is -0.345 e. The van der Waals surface area contributed by atoms with Gasteiger partial charge in [-0.3, -0.25) is 14.3 Å². The first-order chi connectivity index (χ1) is 9.58. The first kappa shape index (κ1) is 17.0. The summed E-state index contributed by atoms with van der Waals surface area (Å²) in [4.78, 5) is 22.7. The van der Waals surface area contributed by atoms with Gasteiger partial charge in [0.25, 0.3) is 0 Å². The normalized spacial score (nSPS) is 12.4. The van der Waals surface area contributed by atoms with E-state index in [2.05, 4.69) is 15.4 Å². The number of hydrogen-bond acceptors (Lipinski definition) is 4. The van der Waals surface area contributed by atoms with Gasteiger partial charge in [-0.05, 0) is 37.6 Å². The van der Waals surface area contributed by atoms with Crippen molar-refractivity contribution in [2.75, 3.05) is 16.3 Å². The molecule has 0 bridgehead atoms. The highest BCUT2D eigenvalue weighted by molar-refractivity contribution is 7.92. The van der Waals surface area contributed by atoms with Crippen molar-refractivity contribution in [3.05, 3.63) is 23.8 Å². The Morgan fingerprint density at radius 3 is 2.33 bits per heavy atom. The van der Waals surface area contributed by atoms with Crippen molar-refractivity contribution in [3.63, 3.8) is 0 Å². The summed E-state index contributed by atoms with van der Waals surface area (Å²) in [5, 5.41) is 5.12. The van der Waals surface area contributed by atoms with Gasteiger partial charge >= 0.3 is 0 Å². The van der Waals surface area contributed by atoms with E-state index in [1.807, 2.05) is 0 Å². The van der Waals surface area contributed by atoms with Crippen molar-refractivity contribution >= 4 is 33.2 Å². The summed E-state index contributed by atoms with van der Waals surface area (Å²) >= 11 is 0. The monoisotopic (exact) mass is 313 g/mol. The van der Waals surface area contributed by atoms with E-state index >= 15 is 0 Å². The van der Waals surface area contributed by atoms with Gasteiger partial charge in [-0.25, -0.2) is 8.42 Å². The fourth-order valence-electron chi connectivity index (χ4n) is 1.68. The maximum atomic E-state index is 11.8. The third-order valence-electron chi connectivity index (χ3n) is 2.60. The summed E-state index contributed by atoms with van der Waals surface area (Å²) in [5.41, 5.74) is 1.64. The maximum Gasteiger partial charge on any atom is 0.246 e. The Morgan fingerprint density at radius 2 is 1.86 bits per heavy atom. The summed E-state index contributed by atoms with van der Waals surface area (Å²) in [5.74, 6) is -0.644. The molecule has 1 rings (SSSR count). The predicted molar refractivity (Wildman–Crippen MR) is 81.6 cm³/mol. The molecule has 7 nitrogen and oxygen atoms in total.